The molecule has 8 atom stereocenters. The van der Waals surface area contributed by atoms with E-state index in [-0.39, 0.29) is 4.31 Å². The number of fused-ring (bicyclic) bond motifs is 10. The molecule has 0 amide bonds. The molecule has 0 aromatic carbocycles. The van der Waals surface area contributed by atoms with Gasteiger partial charge in [0.25, 0.3) is 0 Å². The quantitative estimate of drug-likeness (QED) is 0.415. The van der Waals surface area contributed by atoms with Gasteiger partial charge in [0.05, 0.1) is 0 Å². The number of ether oxygens (including phenoxy) is 1. The minimum absolute atomic E-state index is 0.283. The Hall–Kier alpha value is 1.02. The number of hydrogen-bond donors (Lipinski definition) is 0. The van der Waals surface area contributed by atoms with Crippen LogP contribution in [0.2, 0.25) is 47.2 Å². The van der Waals surface area contributed by atoms with Crippen LogP contribution < -0.4 is 0 Å². The molecule has 104 valence electrons. The average molecular weight is 361 g/mol. The van der Waals surface area contributed by atoms with Gasteiger partial charge < -0.3 is 0 Å². The Morgan fingerprint density at radius 2 is 1.58 bits per heavy atom. The molecule has 0 radical (unpaired) electrons. The topological polar surface area (TPSA) is 26.3 Å². The molecule has 10 saturated heterocycles. The van der Waals surface area contributed by atoms with E-state index in [1.807, 2.05) is 0 Å². The number of halogens is 3. The number of carbonyl (C=O) groups excluding carboxylic acids is 1. The van der Waals surface area contributed by atoms with Crippen molar-refractivity contribution in [3.05, 3.63) is 0 Å². The first-order valence-corrected chi connectivity index (χ1v) is 14.4. The predicted octanol–water partition coefficient (Wildman–Crippen LogP) is 4.66. The van der Waals surface area contributed by atoms with Gasteiger partial charge in [-0.2, -0.15) is 0 Å². The van der Waals surface area contributed by atoms with Crippen LogP contribution in [0.4, 0.5) is 0 Å². The molecular weight excluding hydrogens is 350 g/mol. The van der Waals surface area contributed by atoms with Gasteiger partial charge in [-0.05, 0) is 0 Å². The summed E-state index contributed by atoms with van der Waals surface area (Å²) in [7, 11) is 0. The molecule has 19 heavy (non-hydrogen) atoms. The summed E-state index contributed by atoms with van der Waals surface area (Å²) >= 11 is 17.5. The van der Waals surface area contributed by atoms with Gasteiger partial charge in [0.15, 0.2) is 0 Å². The van der Waals surface area contributed by atoms with Crippen LogP contribution in [-0.2, 0) is 16.0 Å². The van der Waals surface area contributed by atoms with Gasteiger partial charge in [-0.25, -0.2) is 0 Å². The fraction of sp³-hybridized carbons (Fsp3) is 0.923. The van der Waals surface area contributed by atoms with Crippen LogP contribution in [0, 0.1) is 0 Å². The second-order valence-corrected chi connectivity index (χ2v) is 36.4. The normalized spacial score (nSPS) is 113. The molecule has 0 saturated carbocycles. The van der Waals surface area contributed by atoms with Gasteiger partial charge in [0.2, 0.25) is 0 Å². The second kappa shape index (κ2) is 0.745. The first kappa shape index (κ1) is 8.60. The molecule has 0 aliphatic carbocycles. The average Bonchev–Trinajstić information content (AvgIpc) is 3.29. The Balaban J connectivity index is 1.42. The molecule has 10 aliphatic rings. The Morgan fingerprint density at radius 1 is 1.05 bits per heavy atom. The van der Waals surface area contributed by atoms with E-state index < -0.39 is 10.5 Å². The van der Waals surface area contributed by atoms with Crippen LogP contribution in [0.3, 0.4) is 0 Å². The van der Waals surface area contributed by atoms with Crippen molar-refractivity contribution in [2.75, 3.05) is 6.61 Å². The van der Waals surface area contributed by atoms with Crippen molar-refractivity contribution < 1.29 is 16.0 Å². The maximum absolute atomic E-state index is 12.0. The van der Waals surface area contributed by atoms with Crippen LogP contribution in [0.5, 0.6) is 0 Å². The van der Waals surface area contributed by atoms with E-state index in [9.17, 15) is 4.79 Å². The first-order valence-electron chi connectivity index (χ1n) is 7.08. The van der Waals surface area contributed by atoms with Crippen molar-refractivity contribution >= 4 is 41.1 Å². The van der Waals surface area contributed by atoms with Gasteiger partial charge >= 0.3 is 115 Å². The van der Waals surface area contributed by atoms with Crippen molar-refractivity contribution in [3.8, 4) is 0 Å². The fourth-order valence-corrected chi connectivity index (χ4v) is 93.9. The molecule has 1 spiro atoms. The van der Waals surface area contributed by atoms with E-state index in [0.29, 0.717) is 10.9 Å². The summed E-state index contributed by atoms with van der Waals surface area (Å²) < 4.78 is 4.83. The van der Waals surface area contributed by atoms with Gasteiger partial charge in [0.1, 0.15) is 0 Å². The summed E-state index contributed by atoms with van der Waals surface area (Å²) in [6, 6.07) is 0. The Kier molecular flexibility index (Phi) is 0.337. The van der Waals surface area contributed by atoms with E-state index in [2.05, 4.69) is 0 Å². The van der Waals surface area contributed by atoms with Crippen molar-refractivity contribution in [1.29, 1.82) is 0 Å². The molecule has 10 rings (SSSR count). The van der Waals surface area contributed by atoms with Gasteiger partial charge in [-0.3, -0.25) is 0 Å². The molecule has 8 unspecified atom stereocenters. The summed E-state index contributed by atoms with van der Waals surface area (Å²) in [6.45, 7) is -2.86. The van der Waals surface area contributed by atoms with Crippen molar-refractivity contribution in [3.63, 3.8) is 0 Å². The molecule has 10 aliphatic heterocycles. The first-order chi connectivity index (χ1) is 8.70. The number of aldehydes is 1. The zero-order valence-corrected chi connectivity index (χ0v) is 13.1. The standard InChI is InChI=1S/C7H6Cl3O.C6H5O.Fe/c8-7(9,10)11-5-6-3-1-2-4-6;7-5-6-3-1-2-4-6;/h1-4H,5H2;1-5H;. The Labute approximate surface area is 114 Å². The predicted molar refractivity (Wildman–Crippen MR) is 67.7 cm³/mol. The summed E-state index contributed by atoms with van der Waals surface area (Å²) in [5.41, 5.74) is 0. The van der Waals surface area contributed by atoms with E-state index in [1.54, 1.807) is 0 Å². The van der Waals surface area contributed by atoms with E-state index in [0.717, 1.165) is 38.5 Å². The number of alkyl halides is 3. The minimum atomic E-state index is -3.54. The molecule has 0 bridgehead atoms. The molecule has 0 aromatic heterocycles. The molecule has 0 N–H and O–H groups in total. The zero-order valence-electron chi connectivity index (χ0n) is 9.71. The van der Waals surface area contributed by atoms with Gasteiger partial charge in [0, 0.05) is 0 Å². The Morgan fingerprint density at radius 3 is 1.89 bits per heavy atom. The molecule has 0 aromatic rings. The van der Waals surface area contributed by atoms with Gasteiger partial charge in [-0.1, -0.05) is 0 Å². The van der Waals surface area contributed by atoms with Gasteiger partial charge in [-0.15, -0.1) is 0 Å². The summed E-state index contributed by atoms with van der Waals surface area (Å²) in [5.74, 6) is 0. The fourth-order valence-electron chi connectivity index (χ4n) is 18.1. The van der Waals surface area contributed by atoms with Crippen LogP contribution in [0.1, 0.15) is 0 Å². The second-order valence-electron chi connectivity index (χ2n) is 10.8. The molecular formula is C13H11Cl3FeO2. The monoisotopic (exact) mass is 360 g/mol. The molecule has 6 heteroatoms. The number of carbonyl (C=O) groups is 1. The summed E-state index contributed by atoms with van der Waals surface area (Å²) in [6.07, 6.45) is 1.47. The zero-order chi connectivity index (χ0) is 12.6. The molecule has 10 fully saturated rings. The summed E-state index contributed by atoms with van der Waals surface area (Å²) in [5, 5.41) is 0. The Bertz CT molecular complexity index is 1080. The van der Waals surface area contributed by atoms with E-state index in [1.165, 1.54) is 6.29 Å². The SMILES string of the molecule is O=C[C]12[CH]3[CH]4[CH]5[CH]1[Fe]45321678[CH]2[CH]1[CH]6[C]7(COC(Cl)(Cl)Cl)[CH]28. The van der Waals surface area contributed by atoms with Crippen molar-refractivity contribution in [1.82, 2.24) is 0 Å². The van der Waals surface area contributed by atoms with E-state index in [4.69, 9.17) is 39.5 Å². The third-order valence-corrected chi connectivity index (χ3v) is 59.6. The van der Waals surface area contributed by atoms with Crippen LogP contribution in [0.25, 0.3) is 0 Å². The molecule has 10 heterocycles. The van der Waals surface area contributed by atoms with Crippen molar-refractivity contribution in [2.45, 2.75) is 51.1 Å². The third-order valence-electron chi connectivity index (χ3n) is 15.9. The number of hydrogen-bond acceptors (Lipinski definition) is 2. The third kappa shape index (κ3) is 0.0981. The number of rotatable bonds is 3. The van der Waals surface area contributed by atoms with E-state index >= 15 is 0 Å². The summed E-state index contributed by atoms with van der Waals surface area (Å²) in [4.78, 5) is 20.1. The van der Waals surface area contributed by atoms with Crippen molar-refractivity contribution in [2.24, 2.45) is 0 Å². The molecule has 2 nitrogen and oxygen atoms in total. The maximum atomic E-state index is 12.0. The van der Waals surface area contributed by atoms with Crippen LogP contribution >= 0.6 is 34.8 Å². The van der Waals surface area contributed by atoms with Crippen LogP contribution in [-0.4, -0.2) is 16.9 Å². The van der Waals surface area contributed by atoms with Crippen LogP contribution in [0.15, 0.2) is 0 Å².